The summed E-state index contributed by atoms with van der Waals surface area (Å²) >= 11 is 0. The van der Waals surface area contributed by atoms with Crippen LogP contribution in [0.1, 0.15) is 32.2 Å². The molecular weight excluding hydrogens is 574 g/mol. The van der Waals surface area contributed by atoms with E-state index in [4.69, 9.17) is 4.98 Å². The molecule has 228 valence electrons. The minimum Gasteiger partial charge on any atom is -0.294 e. The lowest BCUT2D eigenvalue weighted by molar-refractivity contribution is -0.652. The maximum absolute atomic E-state index is 5.67. The second kappa shape index (κ2) is 9.91. The van der Waals surface area contributed by atoms with Crippen LogP contribution in [0, 0.1) is 6.92 Å². The van der Waals surface area contributed by atoms with Crippen molar-refractivity contribution in [3.8, 4) is 17.1 Å². The van der Waals surface area contributed by atoms with Crippen LogP contribution in [-0.2, 0) is 12.5 Å². The van der Waals surface area contributed by atoms with Crippen molar-refractivity contribution < 1.29 is 4.57 Å². The molecule has 0 radical (unpaired) electrons. The zero-order chi connectivity index (χ0) is 32.0. The van der Waals surface area contributed by atoms with Gasteiger partial charge in [0, 0.05) is 40.2 Å². The Bertz CT molecular complexity index is 2680. The van der Waals surface area contributed by atoms with E-state index in [1.54, 1.807) is 0 Å². The number of rotatable bonds is 3. The SMILES string of the molecule is Cc1n(-c2cccc(-n3c4ccccc4c4c(C(C)(C)C)c5c6ccccc6n(-c6ccccc6)c5nc43)c2)c2ccccc2[n+]1C. The average molecular weight is 611 g/mol. The summed E-state index contributed by atoms with van der Waals surface area (Å²) in [6.07, 6.45) is 0. The van der Waals surface area contributed by atoms with Gasteiger partial charge in [-0.2, -0.15) is 4.57 Å². The lowest BCUT2D eigenvalue weighted by Crippen LogP contribution is -2.30. The summed E-state index contributed by atoms with van der Waals surface area (Å²) in [5, 5.41) is 4.89. The second-order valence-electron chi connectivity index (χ2n) is 13.6. The second-order valence-corrected chi connectivity index (χ2v) is 13.6. The van der Waals surface area contributed by atoms with E-state index in [0.717, 1.165) is 33.9 Å². The molecule has 9 rings (SSSR count). The van der Waals surface area contributed by atoms with Gasteiger partial charge in [-0.05, 0) is 59.5 Å². The molecule has 0 aliphatic rings. The average Bonchev–Trinajstić information content (AvgIpc) is 3.68. The lowest BCUT2D eigenvalue weighted by atomic mass is 9.82. The molecule has 0 aliphatic carbocycles. The summed E-state index contributed by atoms with van der Waals surface area (Å²) in [4.78, 5) is 5.67. The number of nitrogens with zero attached hydrogens (tertiary/aromatic N) is 5. The van der Waals surface area contributed by atoms with Gasteiger partial charge < -0.3 is 0 Å². The standard InChI is InChI=1S/C42H36N5/c1-27-44(5)35-24-13-14-25-36(35)45(27)29-18-15-19-30(26-29)47-34-23-12-10-21-32(34)38-39(42(2,3)4)37-31-20-9-11-22-33(31)46(40(37)43-41(38)47)28-16-7-6-8-17-28/h6-26H,1-5H3/q+1. The van der Waals surface area contributed by atoms with Crippen molar-refractivity contribution in [2.45, 2.75) is 33.1 Å². The minimum atomic E-state index is -0.155. The smallest absolute Gasteiger partial charge is 0.259 e. The summed E-state index contributed by atoms with van der Waals surface area (Å²) in [5.74, 6) is 1.17. The Hall–Kier alpha value is -5.68. The molecule has 5 nitrogen and oxygen atoms in total. The van der Waals surface area contributed by atoms with Crippen molar-refractivity contribution >= 4 is 54.9 Å². The number of pyridine rings is 1. The van der Waals surface area contributed by atoms with Gasteiger partial charge in [-0.25, -0.2) is 9.55 Å². The van der Waals surface area contributed by atoms with Crippen molar-refractivity contribution in [3.05, 3.63) is 139 Å². The lowest BCUT2D eigenvalue weighted by Gasteiger charge is -2.22. The van der Waals surface area contributed by atoms with Gasteiger partial charge in [0.25, 0.3) is 5.82 Å². The van der Waals surface area contributed by atoms with Crippen LogP contribution in [0.15, 0.2) is 127 Å². The maximum atomic E-state index is 5.67. The molecule has 4 heterocycles. The fourth-order valence-corrected chi connectivity index (χ4v) is 7.77. The van der Waals surface area contributed by atoms with Gasteiger partial charge in [-0.3, -0.25) is 9.13 Å². The van der Waals surface area contributed by atoms with Gasteiger partial charge in [0.2, 0.25) is 0 Å². The van der Waals surface area contributed by atoms with E-state index in [9.17, 15) is 0 Å². The molecule has 0 aliphatic heterocycles. The van der Waals surface area contributed by atoms with E-state index in [0.29, 0.717) is 0 Å². The predicted octanol–water partition coefficient (Wildman–Crippen LogP) is 9.65. The maximum Gasteiger partial charge on any atom is 0.259 e. The number of para-hydroxylation sites is 5. The number of aromatic nitrogens is 5. The highest BCUT2D eigenvalue weighted by Gasteiger charge is 2.30. The van der Waals surface area contributed by atoms with E-state index in [-0.39, 0.29) is 5.41 Å². The molecule has 0 saturated carbocycles. The van der Waals surface area contributed by atoms with Crippen LogP contribution in [0.5, 0.6) is 0 Å². The van der Waals surface area contributed by atoms with E-state index < -0.39 is 0 Å². The Morgan fingerprint density at radius 3 is 1.64 bits per heavy atom. The Morgan fingerprint density at radius 2 is 1.02 bits per heavy atom. The molecule has 5 aromatic carbocycles. The van der Waals surface area contributed by atoms with Crippen LogP contribution in [-0.4, -0.2) is 18.7 Å². The van der Waals surface area contributed by atoms with E-state index >= 15 is 0 Å². The summed E-state index contributed by atoms with van der Waals surface area (Å²) in [5.41, 5.74) is 11.2. The van der Waals surface area contributed by atoms with Crippen molar-refractivity contribution in [1.82, 2.24) is 18.7 Å². The van der Waals surface area contributed by atoms with E-state index in [1.807, 2.05) is 0 Å². The summed E-state index contributed by atoms with van der Waals surface area (Å²) in [6.45, 7) is 9.19. The first-order chi connectivity index (χ1) is 22.8. The number of benzene rings is 5. The topological polar surface area (TPSA) is 31.6 Å². The van der Waals surface area contributed by atoms with Crippen molar-refractivity contribution in [1.29, 1.82) is 0 Å². The third kappa shape index (κ3) is 3.89. The Morgan fingerprint density at radius 1 is 0.532 bits per heavy atom. The molecule has 0 bridgehead atoms. The first-order valence-corrected chi connectivity index (χ1v) is 16.3. The summed E-state index contributed by atoms with van der Waals surface area (Å²) < 4.78 is 9.33. The summed E-state index contributed by atoms with van der Waals surface area (Å²) in [6, 6.07) is 45.7. The van der Waals surface area contributed by atoms with Gasteiger partial charge in [0.1, 0.15) is 17.0 Å². The fraction of sp³-hybridized carbons (Fsp3) is 0.143. The van der Waals surface area contributed by atoms with Crippen molar-refractivity contribution in [2.75, 3.05) is 0 Å². The number of hydrogen-bond donors (Lipinski definition) is 0. The molecule has 0 amide bonds. The molecule has 9 aromatic rings. The highest BCUT2D eigenvalue weighted by atomic mass is 15.2. The highest BCUT2D eigenvalue weighted by molar-refractivity contribution is 6.20. The molecule has 0 N–H and O–H groups in total. The zero-order valence-corrected chi connectivity index (χ0v) is 27.4. The molecule has 0 spiro atoms. The monoisotopic (exact) mass is 610 g/mol. The van der Waals surface area contributed by atoms with Crippen LogP contribution >= 0.6 is 0 Å². The Balaban J connectivity index is 1.45. The van der Waals surface area contributed by atoms with Gasteiger partial charge in [0.05, 0.1) is 23.8 Å². The first-order valence-electron chi connectivity index (χ1n) is 16.3. The predicted molar refractivity (Wildman–Crippen MR) is 194 cm³/mol. The van der Waals surface area contributed by atoms with Crippen LogP contribution in [0.3, 0.4) is 0 Å². The van der Waals surface area contributed by atoms with Crippen molar-refractivity contribution in [2.24, 2.45) is 7.05 Å². The van der Waals surface area contributed by atoms with Crippen molar-refractivity contribution in [3.63, 3.8) is 0 Å². The molecular formula is C42H36N5+. The summed E-state index contributed by atoms with van der Waals surface area (Å²) in [7, 11) is 2.14. The van der Waals surface area contributed by atoms with E-state index in [2.05, 4.69) is 180 Å². The molecule has 0 unspecified atom stereocenters. The quantitative estimate of drug-likeness (QED) is 0.183. The van der Waals surface area contributed by atoms with Gasteiger partial charge in [-0.1, -0.05) is 93.6 Å². The fourth-order valence-electron chi connectivity index (χ4n) is 7.77. The van der Waals surface area contributed by atoms with Gasteiger partial charge in [0.15, 0.2) is 11.0 Å². The van der Waals surface area contributed by atoms with Crippen LogP contribution in [0.2, 0.25) is 0 Å². The largest absolute Gasteiger partial charge is 0.294 e. The highest BCUT2D eigenvalue weighted by Crippen LogP contribution is 2.45. The normalized spacial score (nSPS) is 12.4. The van der Waals surface area contributed by atoms with Crippen LogP contribution in [0.25, 0.3) is 72.0 Å². The molecule has 0 saturated heterocycles. The third-order valence-corrected chi connectivity index (χ3v) is 9.81. The number of imidazole rings is 1. The van der Waals surface area contributed by atoms with Crippen LogP contribution in [0.4, 0.5) is 0 Å². The molecule has 0 fully saturated rings. The minimum absolute atomic E-state index is 0.155. The Kier molecular flexibility index (Phi) is 5.82. The molecule has 4 aromatic heterocycles. The number of fused-ring (bicyclic) bond motifs is 7. The third-order valence-electron chi connectivity index (χ3n) is 9.81. The molecule has 47 heavy (non-hydrogen) atoms. The molecule has 0 atom stereocenters. The zero-order valence-electron chi connectivity index (χ0n) is 27.4. The molecule has 5 heteroatoms. The van der Waals surface area contributed by atoms with E-state index in [1.165, 1.54) is 49.5 Å². The van der Waals surface area contributed by atoms with Gasteiger partial charge >= 0.3 is 0 Å². The number of aryl methyl sites for hydroxylation is 1. The van der Waals surface area contributed by atoms with Crippen LogP contribution < -0.4 is 4.57 Å². The number of hydrogen-bond acceptors (Lipinski definition) is 1. The Labute approximate surface area is 273 Å². The van der Waals surface area contributed by atoms with Gasteiger partial charge in [-0.15, -0.1) is 0 Å². The first kappa shape index (κ1) is 27.6.